The number of carbonyl (C=O) groups is 1. The van der Waals surface area contributed by atoms with Gasteiger partial charge in [-0.1, -0.05) is 70.1 Å². The maximum atomic E-state index is 11.7. The molecule has 0 spiro atoms. The minimum Gasteiger partial charge on any atom is -0.426 e. The number of benzene rings is 1. The summed E-state index contributed by atoms with van der Waals surface area (Å²) in [5.74, 6) is 0.458. The smallest absolute Gasteiger partial charge is 0.313 e. The van der Waals surface area contributed by atoms with Gasteiger partial charge in [-0.2, -0.15) is 0 Å². The highest BCUT2D eigenvalue weighted by Gasteiger charge is 2.08. The first-order chi connectivity index (χ1) is 11.3. The van der Waals surface area contributed by atoms with Gasteiger partial charge in [0.15, 0.2) is 0 Å². The molecule has 0 bridgehead atoms. The van der Waals surface area contributed by atoms with E-state index in [0.29, 0.717) is 12.4 Å². The molecule has 23 heavy (non-hydrogen) atoms. The van der Waals surface area contributed by atoms with Crippen molar-refractivity contribution in [1.82, 2.24) is 0 Å². The van der Waals surface area contributed by atoms with E-state index in [-0.39, 0.29) is 12.4 Å². The van der Waals surface area contributed by atoms with E-state index in [1.165, 1.54) is 44.9 Å². The Bertz CT molecular complexity index is 434. The first kappa shape index (κ1) is 20.1. The lowest BCUT2D eigenvalue weighted by molar-refractivity contribution is -0.134. The average molecular weight is 338 g/mol. The van der Waals surface area contributed by atoms with Gasteiger partial charge in [-0.15, -0.1) is 0 Å². The molecule has 1 aromatic carbocycles. The average Bonchev–Trinajstić information content (AvgIpc) is 2.56. The second-order valence-electron chi connectivity index (χ2n) is 5.93. The highest BCUT2D eigenvalue weighted by molar-refractivity contribution is 7.09. The molecule has 1 atom stereocenters. The highest BCUT2D eigenvalue weighted by atomic mass is 31.0. The van der Waals surface area contributed by atoms with Crippen LogP contribution in [-0.2, 0) is 15.7 Å². The van der Waals surface area contributed by atoms with E-state index in [1.807, 2.05) is 18.2 Å². The molecule has 1 aromatic rings. The third kappa shape index (κ3) is 9.73. The summed E-state index contributed by atoms with van der Waals surface area (Å²) in [7, 11) is 2.14. The summed E-state index contributed by atoms with van der Waals surface area (Å²) >= 11 is 0. The minimum atomic E-state index is -0.240. The topological polar surface area (TPSA) is 35.5 Å². The molecule has 1 rings (SSSR count). The zero-order chi connectivity index (χ0) is 16.8. The van der Waals surface area contributed by atoms with E-state index < -0.39 is 0 Å². The lowest BCUT2D eigenvalue weighted by Crippen LogP contribution is -2.11. The number of rotatable bonds is 13. The number of unbranched alkanes of at least 4 members (excludes halogenated alkanes) is 7. The zero-order valence-corrected chi connectivity index (χ0v) is 15.5. The van der Waals surface area contributed by atoms with Gasteiger partial charge in [0.2, 0.25) is 0 Å². The Morgan fingerprint density at radius 1 is 1.00 bits per heavy atom. The molecule has 130 valence electrons. The molecule has 0 amide bonds. The number of hydrogen-bond donors (Lipinski definition) is 0. The Morgan fingerprint density at radius 2 is 1.65 bits per heavy atom. The van der Waals surface area contributed by atoms with Gasteiger partial charge in [0.1, 0.15) is 5.75 Å². The summed E-state index contributed by atoms with van der Waals surface area (Å²) in [5, 5.41) is 0. The Balaban J connectivity index is 2.27. The molecule has 0 aliphatic carbocycles. The van der Waals surface area contributed by atoms with Crippen molar-refractivity contribution in [3.63, 3.8) is 0 Å². The van der Waals surface area contributed by atoms with Crippen LogP contribution in [0.15, 0.2) is 24.3 Å². The van der Waals surface area contributed by atoms with Gasteiger partial charge in [-0.25, -0.2) is 0 Å². The maximum Gasteiger partial charge on any atom is 0.313 e. The van der Waals surface area contributed by atoms with Gasteiger partial charge in [-0.3, -0.25) is 4.79 Å². The van der Waals surface area contributed by atoms with E-state index >= 15 is 0 Å². The zero-order valence-electron chi connectivity index (χ0n) is 14.4. The van der Waals surface area contributed by atoms with Crippen molar-refractivity contribution in [1.29, 1.82) is 0 Å². The summed E-state index contributed by atoms with van der Waals surface area (Å²) in [6.45, 7) is 2.61. The first-order valence-electron chi connectivity index (χ1n) is 8.88. The molecule has 0 saturated heterocycles. The van der Waals surface area contributed by atoms with E-state index in [2.05, 4.69) is 22.5 Å². The van der Waals surface area contributed by atoms with Crippen LogP contribution in [0.25, 0.3) is 0 Å². The molecule has 0 N–H and O–H groups in total. The lowest BCUT2D eigenvalue weighted by atomic mass is 10.0. The second kappa shape index (κ2) is 13.5. The van der Waals surface area contributed by atoms with Crippen LogP contribution in [0.3, 0.4) is 0 Å². The summed E-state index contributed by atoms with van der Waals surface area (Å²) in [4.78, 5) is 11.7. The largest absolute Gasteiger partial charge is 0.426 e. The van der Waals surface area contributed by atoms with E-state index in [9.17, 15) is 4.79 Å². The Hall–Kier alpha value is -0.920. The minimum absolute atomic E-state index is 0.240. The summed E-state index contributed by atoms with van der Waals surface area (Å²) in [6, 6.07) is 7.84. The first-order valence-corrected chi connectivity index (χ1v) is 9.35. The van der Waals surface area contributed by atoms with Crippen molar-refractivity contribution in [3.05, 3.63) is 29.8 Å². The van der Waals surface area contributed by atoms with Gasteiger partial charge < -0.3 is 9.26 Å². The standard InChI is InChI=1S/C19H31O3P/c1-2-3-4-5-6-7-8-9-12-17-13-10-11-14-18(17)22-19(20)15-16-21-23/h10-11,13-14H,2-9,12,15-16,23H2,1H3. The molecule has 1 unspecified atom stereocenters. The predicted octanol–water partition coefficient (Wildman–Crippen LogP) is 5.47. The third-order valence-corrected chi connectivity index (χ3v) is 4.16. The number of ether oxygens (including phenoxy) is 1. The van der Waals surface area contributed by atoms with Crippen LogP contribution in [0.5, 0.6) is 5.75 Å². The number of para-hydroxylation sites is 1. The van der Waals surface area contributed by atoms with Crippen LogP contribution in [0.2, 0.25) is 0 Å². The summed E-state index contributed by atoms with van der Waals surface area (Å²) in [5.41, 5.74) is 1.12. The molecule has 0 aromatic heterocycles. The monoisotopic (exact) mass is 338 g/mol. The fraction of sp³-hybridized carbons (Fsp3) is 0.632. The third-order valence-electron chi connectivity index (χ3n) is 3.92. The van der Waals surface area contributed by atoms with Crippen molar-refractivity contribution in [2.45, 2.75) is 71.1 Å². The fourth-order valence-corrected chi connectivity index (χ4v) is 2.69. The lowest BCUT2D eigenvalue weighted by Gasteiger charge is -2.10. The summed E-state index contributed by atoms with van der Waals surface area (Å²) in [6.07, 6.45) is 11.7. The molecule has 4 heteroatoms. The van der Waals surface area contributed by atoms with Crippen LogP contribution in [0.4, 0.5) is 0 Å². The molecule has 0 aliphatic heterocycles. The molecule has 0 heterocycles. The van der Waals surface area contributed by atoms with Gasteiger partial charge in [0.05, 0.1) is 13.0 Å². The van der Waals surface area contributed by atoms with Crippen molar-refractivity contribution in [3.8, 4) is 5.75 Å². The van der Waals surface area contributed by atoms with Crippen molar-refractivity contribution in [2.24, 2.45) is 0 Å². The molecule has 3 nitrogen and oxygen atoms in total. The van der Waals surface area contributed by atoms with Crippen molar-refractivity contribution < 1.29 is 14.1 Å². The van der Waals surface area contributed by atoms with Crippen LogP contribution < -0.4 is 4.74 Å². The predicted molar refractivity (Wildman–Crippen MR) is 98.7 cm³/mol. The van der Waals surface area contributed by atoms with E-state index in [1.54, 1.807) is 0 Å². The SMILES string of the molecule is CCCCCCCCCCc1ccccc1OC(=O)CCOP. The molecule has 0 saturated carbocycles. The molecule has 0 aliphatic rings. The second-order valence-corrected chi connectivity index (χ2v) is 6.26. The molecular weight excluding hydrogens is 307 g/mol. The van der Waals surface area contributed by atoms with E-state index in [4.69, 9.17) is 9.26 Å². The van der Waals surface area contributed by atoms with Crippen LogP contribution in [-0.4, -0.2) is 12.6 Å². The number of esters is 1. The number of hydrogen-bond acceptors (Lipinski definition) is 3. The normalized spacial score (nSPS) is 10.7. The number of aryl methyl sites for hydroxylation is 1. The molecule has 0 radical (unpaired) electrons. The Morgan fingerprint density at radius 3 is 2.35 bits per heavy atom. The van der Waals surface area contributed by atoms with Crippen molar-refractivity contribution >= 4 is 15.4 Å². The van der Waals surface area contributed by atoms with Crippen LogP contribution in [0, 0.1) is 0 Å². The van der Waals surface area contributed by atoms with Gasteiger partial charge in [0, 0.05) is 9.47 Å². The van der Waals surface area contributed by atoms with Crippen molar-refractivity contribution in [2.75, 3.05) is 6.61 Å². The Kier molecular flexibility index (Phi) is 11.8. The van der Waals surface area contributed by atoms with E-state index in [0.717, 1.165) is 18.4 Å². The Labute approximate surface area is 143 Å². The van der Waals surface area contributed by atoms with Gasteiger partial charge in [-0.05, 0) is 24.5 Å². The molecular formula is C19H31O3P. The van der Waals surface area contributed by atoms with Crippen LogP contribution >= 0.6 is 9.47 Å². The van der Waals surface area contributed by atoms with Gasteiger partial charge >= 0.3 is 5.97 Å². The molecule has 0 fully saturated rings. The number of carbonyl (C=O) groups excluding carboxylic acids is 1. The quantitative estimate of drug-likeness (QED) is 0.207. The highest BCUT2D eigenvalue weighted by Crippen LogP contribution is 2.21. The van der Waals surface area contributed by atoms with Crippen LogP contribution in [0.1, 0.15) is 70.3 Å². The fourth-order valence-electron chi connectivity index (χ4n) is 2.58. The summed E-state index contributed by atoms with van der Waals surface area (Å²) < 4.78 is 10.3. The van der Waals surface area contributed by atoms with Gasteiger partial charge in [0.25, 0.3) is 0 Å². The maximum absolute atomic E-state index is 11.7.